The molecule has 1 aromatic heterocycles. The van der Waals surface area contributed by atoms with E-state index in [9.17, 15) is 9.59 Å². The molecule has 1 amide bonds. The van der Waals surface area contributed by atoms with E-state index >= 15 is 0 Å². The highest BCUT2D eigenvalue weighted by Crippen LogP contribution is 2.18. The Balaban J connectivity index is 1.59. The number of nitrogens with one attached hydrogen (secondary N) is 2. The lowest BCUT2D eigenvalue weighted by atomic mass is 10.2. The van der Waals surface area contributed by atoms with Gasteiger partial charge in [-0.25, -0.2) is 14.8 Å². The zero-order valence-electron chi connectivity index (χ0n) is 16.0. The third-order valence-corrected chi connectivity index (χ3v) is 4.10. The van der Waals surface area contributed by atoms with E-state index in [1.165, 1.54) is 19.5 Å². The van der Waals surface area contributed by atoms with Gasteiger partial charge in [0.15, 0.2) is 0 Å². The number of nitrogens with zero attached hydrogens (tertiary/aromatic N) is 2. The number of para-hydroxylation sites is 1. The number of methoxy groups -OCH3 is 2. The first-order chi connectivity index (χ1) is 14.1. The van der Waals surface area contributed by atoms with Crippen molar-refractivity contribution in [3.63, 3.8) is 0 Å². The monoisotopic (exact) mass is 392 g/mol. The van der Waals surface area contributed by atoms with Crippen molar-refractivity contribution in [2.24, 2.45) is 0 Å². The van der Waals surface area contributed by atoms with Crippen molar-refractivity contribution >= 4 is 23.4 Å². The van der Waals surface area contributed by atoms with Gasteiger partial charge in [-0.15, -0.1) is 0 Å². The molecule has 8 nitrogen and oxygen atoms in total. The van der Waals surface area contributed by atoms with Gasteiger partial charge in [-0.1, -0.05) is 18.2 Å². The molecule has 0 aliphatic carbocycles. The molecule has 0 unspecified atom stereocenters. The Morgan fingerprint density at radius 1 is 0.966 bits per heavy atom. The van der Waals surface area contributed by atoms with E-state index in [4.69, 9.17) is 4.74 Å². The molecular weight excluding hydrogens is 372 g/mol. The molecule has 0 saturated heterocycles. The highest BCUT2D eigenvalue weighted by atomic mass is 16.5. The van der Waals surface area contributed by atoms with Crippen molar-refractivity contribution in [1.82, 2.24) is 9.97 Å². The van der Waals surface area contributed by atoms with Gasteiger partial charge in [0.1, 0.15) is 17.3 Å². The Labute approximate surface area is 167 Å². The fourth-order valence-corrected chi connectivity index (χ4v) is 2.57. The molecule has 0 bridgehead atoms. The van der Waals surface area contributed by atoms with E-state index in [0.29, 0.717) is 23.6 Å². The smallest absolute Gasteiger partial charge is 0.337 e. The number of hydrogen-bond donors (Lipinski definition) is 2. The van der Waals surface area contributed by atoms with Crippen LogP contribution in [0.3, 0.4) is 0 Å². The van der Waals surface area contributed by atoms with E-state index in [1.807, 2.05) is 24.3 Å². The first-order valence-corrected chi connectivity index (χ1v) is 8.78. The number of esters is 1. The van der Waals surface area contributed by atoms with E-state index in [2.05, 4.69) is 25.3 Å². The number of carbonyl (C=O) groups is 2. The molecule has 0 radical (unpaired) electrons. The minimum atomic E-state index is -0.440. The Hall–Kier alpha value is -3.94. The number of hydrogen-bond acceptors (Lipinski definition) is 7. The highest BCUT2D eigenvalue weighted by Gasteiger charge is 2.10. The molecule has 3 rings (SSSR count). The molecule has 148 valence electrons. The fourth-order valence-electron chi connectivity index (χ4n) is 2.57. The van der Waals surface area contributed by atoms with Crippen LogP contribution in [0.1, 0.15) is 26.4 Å². The number of anilines is 2. The standard InChI is InChI=1S/C21H20N4O4/c1-28-18-6-4-3-5-15(18)11-23-19-13-22-17(12-24-19)20(26)25-16-9-7-14(8-10-16)21(27)29-2/h3-10,12-13H,11H2,1-2H3,(H,23,24)(H,25,26). The molecule has 1 heterocycles. The Kier molecular flexibility index (Phi) is 6.36. The van der Waals surface area contributed by atoms with E-state index in [1.54, 1.807) is 31.4 Å². The summed E-state index contributed by atoms with van der Waals surface area (Å²) >= 11 is 0. The molecular formula is C21H20N4O4. The summed E-state index contributed by atoms with van der Waals surface area (Å²) in [6.07, 6.45) is 2.88. The van der Waals surface area contributed by atoms with Crippen LogP contribution in [0.5, 0.6) is 5.75 Å². The average molecular weight is 392 g/mol. The first kappa shape index (κ1) is 19.8. The predicted octanol–water partition coefficient (Wildman–Crippen LogP) is 3.14. The summed E-state index contributed by atoms with van der Waals surface area (Å²) in [4.78, 5) is 32.1. The molecule has 29 heavy (non-hydrogen) atoms. The summed E-state index contributed by atoms with van der Waals surface area (Å²) in [7, 11) is 2.93. The van der Waals surface area contributed by atoms with Gasteiger partial charge < -0.3 is 20.1 Å². The van der Waals surface area contributed by atoms with Gasteiger partial charge in [0.2, 0.25) is 0 Å². The Morgan fingerprint density at radius 2 is 1.72 bits per heavy atom. The maximum atomic E-state index is 12.3. The lowest BCUT2D eigenvalue weighted by Gasteiger charge is -2.10. The quantitative estimate of drug-likeness (QED) is 0.596. The van der Waals surface area contributed by atoms with Crippen molar-refractivity contribution in [3.8, 4) is 5.75 Å². The Bertz CT molecular complexity index is 988. The average Bonchev–Trinajstić information content (AvgIpc) is 2.78. The van der Waals surface area contributed by atoms with E-state index < -0.39 is 11.9 Å². The minimum Gasteiger partial charge on any atom is -0.496 e. The lowest BCUT2D eigenvalue weighted by molar-refractivity contribution is 0.0600. The van der Waals surface area contributed by atoms with Crippen LogP contribution in [0.15, 0.2) is 60.9 Å². The molecule has 0 saturated carbocycles. The van der Waals surface area contributed by atoms with Crippen molar-refractivity contribution in [2.45, 2.75) is 6.54 Å². The largest absolute Gasteiger partial charge is 0.496 e. The van der Waals surface area contributed by atoms with Crippen LogP contribution in [0.4, 0.5) is 11.5 Å². The van der Waals surface area contributed by atoms with Gasteiger partial charge in [-0.3, -0.25) is 4.79 Å². The molecule has 2 N–H and O–H groups in total. The van der Waals surface area contributed by atoms with Crippen molar-refractivity contribution in [1.29, 1.82) is 0 Å². The molecule has 3 aromatic rings. The second kappa shape index (κ2) is 9.32. The van der Waals surface area contributed by atoms with Crippen molar-refractivity contribution in [3.05, 3.63) is 77.7 Å². The summed E-state index contributed by atoms with van der Waals surface area (Å²) in [5.41, 5.74) is 2.08. The topological polar surface area (TPSA) is 102 Å². The molecule has 0 atom stereocenters. The Morgan fingerprint density at radius 3 is 2.38 bits per heavy atom. The number of amides is 1. The van der Waals surface area contributed by atoms with Gasteiger partial charge in [-0.05, 0) is 30.3 Å². The highest BCUT2D eigenvalue weighted by molar-refractivity contribution is 6.03. The number of benzene rings is 2. The van der Waals surface area contributed by atoms with Gasteiger partial charge in [0.25, 0.3) is 5.91 Å². The number of carbonyl (C=O) groups excluding carboxylic acids is 2. The maximum Gasteiger partial charge on any atom is 0.337 e. The number of rotatable bonds is 7. The summed E-state index contributed by atoms with van der Waals surface area (Å²) in [5, 5.41) is 5.85. The molecule has 0 fully saturated rings. The molecule has 0 aliphatic rings. The van der Waals surface area contributed by atoms with Crippen molar-refractivity contribution < 1.29 is 19.1 Å². The predicted molar refractivity (Wildman–Crippen MR) is 108 cm³/mol. The third kappa shape index (κ3) is 5.07. The van der Waals surface area contributed by atoms with Crippen LogP contribution in [-0.2, 0) is 11.3 Å². The first-order valence-electron chi connectivity index (χ1n) is 8.78. The van der Waals surface area contributed by atoms with Crippen LogP contribution in [0.25, 0.3) is 0 Å². The molecule has 0 spiro atoms. The summed E-state index contributed by atoms with van der Waals surface area (Å²) in [6.45, 7) is 0.511. The van der Waals surface area contributed by atoms with Gasteiger partial charge in [0.05, 0.1) is 32.2 Å². The second-order valence-electron chi connectivity index (χ2n) is 5.98. The van der Waals surface area contributed by atoms with Crippen LogP contribution in [0, 0.1) is 0 Å². The van der Waals surface area contributed by atoms with Crippen molar-refractivity contribution in [2.75, 3.05) is 24.9 Å². The maximum absolute atomic E-state index is 12.3. The summed E-state index contributed by atoms with van der Waals surface area (Å²) in [5.74, 6) is 0.474. The minimum absolute atomic E-state index is 0.171. The van der Waals surface area contributed by atoms with Gasteiger partial charge in [-0.2, -0.15) is 0 Å². The van der Waals surface area contributed by atoms with E-state index in [-0.39, 0.29) is 5.69 Å². The molecule has 8 heteroatoms. The van der Waals surface area contributed by atoms with Crippen LogP contribution in [-0.4, -0.2) is 36.1 Å². The number of aromatic nitrogens is 2. The van der Waals surface area contributed by atoms with Gasteiger partial charge in [0, 0.05) is 17.8 Å². The lowest BCUT2D eigenvalue weighted by Crippen LogP contribution is -2.14. The normalized spacial score (nSPS) is 10.1. The summed E-state index contributed by atoms with van der Waals surface area (Å²) in [6, 6.07) is 14.0. The van der Waals surface area contributed by atoms with Crippen LogP contribution >= 0.6 is 0 Å². The second-order valence-corrected chi connectivity index (χ2v) is 5.98. The third-order valence-electron chi connectivity index (χ3n) is 4.10. The molecule has 2 aromatic carbocycles. The van der Waals surface area contributed by atoms with Gasteiger partial charge >= 0.3 is 5.97 Å². The van der Waals surface area contributed by atoms with E-state index in [0.717, 1.165) is 11.3 Å². The SMILES string of the molecule is COC(=O)c1ccc(NC(=O)c2cnc(NCc3ccccc3OC)cn2)cc1. The zero-order valence-corrected chi connectivity index (χ0v) is 16.0. The zero-order chi connectivity index (χ0) is 20.6. The fraction of sp³-hybridized carbons (Fsp3) is 0.143. The number of ether oxygens (including phenoxy) is 2. The molecule has 0 aliphatic heterocycles. The summed E-state index contributed by atoms with van der Waals surface area (Å²) < 4.78 is 9.95. The van der Waals surface area contributed by atoms with Crippen LogP contribution < -0.4 is 15.4 Å². The van der Waals surface area contributed by atoms with Crippen LogP contribution in [0.2, 0.25) is 0 Å².